The molecule has 1 aliphatic rings. The molecular weight excluding hydrogens is 148 g/mol. The number of hydrogen-bond donors (Lipinski definition) is 1. The molecular formula is C10H20N2. The molecule has 1 atom stereocenters. The van der Waals surface area contributed by atoms with Crippen LogP contribution in [0.4, 0.5) is 0 Å². The van der Waals surface area contributed by atoms with Crippen molar-refractivity contribution in [2.45, 2.75) is 32.2 Å². The number of rotatable bonds is 3. The van der Waals surface area contributed by atoms with Crippen molar-refractivity contribution in [3.8, 4) is 0 Å². The van der Waals surface area contributed by atoms with Crippen molar-refractivity contribution in [3.63, 3.8) is 0 Å². The number of nitrogens with zero attached hydrogens (tertiary/aromatic N) is 1. The minimum Gasteiger partial charge on any atom is -0.327 e. The van der Waals surface area contributed by atoms with Crippen LogP contribution < -0.4 is 5.73 Å². The highest BCUT2D eigenvalue weighted by Crippen LogP contribution is 2.15. The Hall–Kier alpha value is -0.340. The average Bonchev–Trinajstić information content (AvgIpc) is 2.09. The second-order valence-corrected chi connectivity index (χ2v) is 3.55. The van der Waals surface area contributed by atoms with Crippen molar-refractivity contribution >= 4 is 0 Å². The maximum absolute atomic E-state index is 5.37. The first-order chi connectivity index (χ1) is 5.84. The first-order valence-electron chi connectivity index (χ1n) is 4.93. The molecule has 1 saturated heterocycles. The predicted molar refractivity (Wildman–Crippen MR) is 53.1 cm³/mol. The molecule has 70 valence electrons. The van der Waals surface area contributed by atoms with Crippen LogP contribution in [0.1, 0.15) is 26.2 Å². The lowest BCUT2D eigenvalue weighted by Gasteiger charge is -2.32. The zero-order chi connectivity index (χ0) is 8.81. The summed E-state index contributed by atoms with van der Waals surface area (Å²) in [5.74, 6) is 0. The van der Waals surface area contributed by atoms with Crippen LogP contribution >= 0.6 is 0 Å². The van der Waals surface area contributed by atoms with Crippen LogP contribution in [0.15, 0.2) is 12.2 Å². The first-order valence-corrected chi connectivity index (χ1v) is 4.93. The fourth-order valence-corrected chi connectivity index (χ4v) is 1.73. The maximum Gasteiger partial charge on any atom is 0.0166 e. The van der Waals surface area contributed by atoms with E-state index in [0.717, 1.165) is 12.6 Å². The Bertz CT molecular complexity index is 143. The molecule has 0 aromatic carbocycles. The minimum atomic E-state index is 0.669. The van der Waals surface area contributed by atoms with Crippen molar-refractivity contribution in [1.82, 2.24) is 4.90 Å². The van der Waals surface area contributed by atoms with Crippen molar-refractivity contribution in [2.75, 3.05) is 19.6 Å². The molecule has 0 bridgehead atoms. The van der Waals surface area contributed by atoms with Gasteiger partial charge in [-0.15, -0.1) is 0 Å². The topological polar surface area (TPSA) is 29.3 Å². The molecule has 1 heterocycles. The van der Waals surface area contributed by atoms with Gasteiger partial charge in [-0.2, -0.15) is 0 Å². The van der Waals surface area contributed by atoms with Crippen molar-refractivity contribution in [3.05, 3.63) is 12.2 Å². The van der Waals surface area contributed by atoms with Crippen LogP contribution in [-0.2, 0) is 0 Å². The van der Waals surface area contributed by atoms with Gasteiger partial charge in [0.2, 0.25) is 0 Å². The van der Waals surface area contributed by atoms with E-state index < -0.39 is 0 Å². The lowest BCUT2D eigenvalue weighted by Crippen LogP contribution is -2.37. The third-order valence-corrected chi connectivity index (χ3v) is 2.58. The second-order valence-electron chi connectivity index (χ2n) is 3.55. The van der Waals surface area contributed by atoms with Gasteiger partial charge in [-0.3, -0.25) is 4.90 Å². The molecule has 1 fully saturated rings. The second kappa shape index (κ2) is 5.33. The van der Waals surface area contributed by atoms with Crippen LogP contribution in [-0.4, -0.2) is 30.6 Å². The number of likely N-dealkylation sites (tertiary alicyclic amines) is 1. The van der Waals surface area contributed by atoms with Gasteiger partial charge in [-0.05, 0) is 26.3 Å². The highest BCUT2D eigenvalue weighted by atomic mass is 15.1. The molecule has 0 aromatic rings. The van der Waals surface area contributed by atoms with Crippen molar-refractivity contribution in [1.29, 1.82) is 0 Å². The van der Waals surface area contributed by atoms with E-state index in [1.807, 2.05) is 6.08 Å². The molecule has 0 amide bonds. The number of nitrogens with two attached hydrogens (primary N) is 1. The van der Waals surface area contributed by atoms with Crippen LogP contribution in [0.2, 0.25) is 0 Å². The average molecular weight is 168 g/mol. The zero-order valence-electron chi connectivity index (χ0n) is 8.00. The highest BCUT2D eigenvalue weighted by Gasteiger charge is 2.15. The van der Waals surface area contributed by atoms with Gasteiger partial charge >= 0.3 is 0 Å². The van der Waals surface area contributed by atoms with Gasteiger partial charge in [0.1, 0.15) is 0 Å². The maximum atomic E-state index is 5.37. The van der Waals surface area contributed by atoms with Gasteiger partial charge in [0.25, 0.3) is 0 Å². The Morgan fingerprint density at radius 3 is 2.92 bits per heavy atom. The normalized spacial score (nSPS) is 26.7. The minimum absolute atomic E-state index is 0.669. The summed E-state index contributed by atoms with van der Waals surface area (Å²) in [6.07, 6.45) is 8.35. The molecule has 2 N–H and O–H groups in total. The summed E-state index contributed by atoms with van der Waals surface area (Å²) in [6, 6.07) is 0.765. The first kappa shape index (κ1) is 9.75. The van der Waals surface area contributed by atoms with Crippen LogP contribution in [0.5, 0.6) is 0 Å². The molecule has 0 aromatic heterocycles. The van der Waals surface area contributed by atoms with Gasteiger partial charge in [0.15, 0.2) is 0 Å². The molecule has 0 aliphatic carbocycles. The van der Waals surface area contributed by atoms with Gasteiger partial charge < -0.3 is 5.73 Å². The van der Waals surface area contributed by atoms with E-state index >= 15 is 0 Å². The smallest absolute Gasteiger partial charge is 0.0166 e. The van der Waals surface area contributed by atoms with Crippen LogP contribution in [0.3, 0.4) is 0 Å². The molecule has 2 heteroatoms. The quantitative estimate of drug-likeness (QED) is 0.645. The zero-order valence-corrected chi connectivity index (χ0v) is 8.00. The van der Waals surface area contributed by atoms with E-state index in [1.165, 1.54) is 25.8 Å². The van der Waals surface area contributed by atoms with Gasteiger partial charge in [-0.25, -0.2) is 0 Å². The Morgan fingerprint density at radius 2 is 2.25 bits per heavy atom. The standard InChI is InChI=1S/C10H20N2/c1-10-6-2-4-8-12(10)9-5-3-7-11/h3,5,10H,2,4,6-9,11H2,1H3/b5-3+. The largest absolute Gasteiger partial charge is 0.327 e. The summed E-state index contributed by atoms with van der Waals surface area (Å²) < 4.78 is 0. The van der Waals surface area contributed by atoms with Crippen molar-refractivity contribution < 1.29 is 0 Å². The summed E-state index contributed by atoms with van der Waals surface area (Å²) in [5.41, 5.74) is 5.37. The number of piperidine rings is 1. The fraction of sp³-hybridized carbons (Fsp3) is 0.800. The van der Waals surface area contributed by atoms with Gasteiger partial charge in [0, 0.05) is 19.1 Å². The Balaban J connectivity index is 2.24. The lowest BCUT2D eigenvalue weighted by molar-refractivity contribution is 0.179. The van der Waals surface area contributed by atoms with Crippen LogP contribution in [0, 0.1) is 0 Å². The molecule has 12 heavy (non-hydrogen) atoms. The predicted octanol–water partition coefficient (Wildman–Crippen LogP) is 1.38. The molecule has 1 unspecified atom stereocenters. The SMILES string of the molecule is CC1CCCCN1C/C=C/CN. The molecule has 1 aliphatic heterocycles. The third kappa shape index (κ3) is 2.95. The molecule has 0 saturated carbocycles. The molecule has 2 nitrogen and oxygen atoms in total. The number of hydrogen-bond acceptors (Lipinski definition) is 2. The van der Waals surface area contributed by atoms with E-state index in [1.54, 1.807) is 0 Å². The van der Waals surface area contributed by atoms with E-state index in [0.29, 0.717) is 6.54 Å². The van der Waals surface area contributed by atoms with E-state index in [4.69, 9.17) is 5.73 Å². The van der Waals surface area contributed by atoms with Crippen LogP contribution in [0.25, 0.3) is 0 Å². The lowest BCUT2D eigenvalue weighted by atomic mass is 10.0. The molecule has 0 radical (unpaired) electrons. The fourth-order valence-electron chi connectivity index (χ4n) is 1.73. The Kier molecular flexibility index (Phi) is 4.33. The summed E-state index contributed by atoms with van der Waals surface area (Å²) >= 11 is 0. The summed E-state index contributed by atoms with van der Waals surface area (Å²) in [6.45, 7) is 5.33. The van der Waals surface area contributed by atoms with E-state index in [9.17, 15) is 0 Å². The summed E-state index contributed by atoms with van der Waals surface area (Å²) in [7, 11) is 0. The van der Waals surface area contributed by atoms with Gasteiger partial charge in [0.05, 0.1) is 0 Å². The molecule has 1 rings (SSSR count). The molecule has 0 spiro atoms. The third-order valence-electron chi connectivity index (χ3n) is 2.58. The summed E-state index contributed by atoms with van der Waals surface area (Å²) in [5, 5.41) is 0. The van der Waals surface area contributed by atoms with E-state index in [2.05, 4.69) is 17.9 Å². The Labute approximate surface area is 75.4 Å². The monoisotopic (exact) mass is 168 g/mol. The Morgan fingerprint density at radius 1 is 1.42 bits per heavy atom. The van der Waals surface area contributed by atoms with Gasteiger partial charge in [-0.1, -0.05) is 18.6 Å². The highest BCUT2D eigenvalue weighted by molar-refractivity contribution is 4.87. The van der Waals surface area contributed by atoms with Crippen molar-refractivity contribution in [2.24, 2.45) is 5.73 Å². The van der Waals surface area contributed by atoms with E-state index in [-0.39, 0.29) is 0 Å². The summed E-state index contributed by atoms with van der Waals surface area (Å²) in [4.78, 5) is 2.52.